The molecule has 1 amide bonds. The molecule has 0 spiro atoms. The summed E-state index contributed by atoms with van der Waals surface area (Å²) < 4.78 is 46.1. The number of halogens is 1. The highest BCUT2D eigenvalue weighted by atomic mass is 32.2. The number of carbonyl (C=O) groups is 1. The lowest BCUT2D eigenvalue weighted by Gasteiger charge is -2.31. The zero-order chi connectivity index (χ0) is 22.7. The maximum atomic E-state index is 13.1. The fourth-order valence-electron chi connectivity index (χ4n) is 3.58. The fourth-order valence-corrected chi connectivity index (χ4v) is 5.71. The van der Waals surface area contributed by atoms with Crippen molar-refractivity contribution in [1.29, 1.82) is 0 Å². The van der Waals surface area contributed by atoms with Crippen LogP contribution in [-0.2, 0) is 10.0 Å². The van der Waals surface area contributed by atoms with Crippen molar-refractivity contribution in [2.75, 3.05) is 20.2 Å². The number of carbonyl (C=O) groups excluding carboxylic acids is 1. The topological polar surface area (TPSA) is 88.6 Å². The van der Waals surface area contributed by atoms with Gasteiger partial charge in [-0.1, -0.05) is 12.1 Å². The Morgan fingerprint density at radius 1 is 1.16 bits per heavy atom. The summed E-state index contributed by atoms with van der Waals surface area (Å²) in [4.78, 5) is 19.1. The molecule has 168 valence electrons. The molecule has 2 aromatic carbocycles. The standard InChI is InChI=1S/C22H22FN3O4S2/c1-30-20-5-3-2-4-18(20)21-24-19(14-31-21)22(27)26-12-10-16(11-13-26)25-32(28,29)17-8-6-15(23)7-9-17/h2-9,14,16,25H,10-13H2,1H3. The second kappa shape index (κ2) is 9.35. The lowest BCUT2D eigenvalue weighted by Crippen LogP contribution is -2.46. The van der Waals surface area contributed by atoms with Gasteiger partial charge in [-0.25, -0.2) is 22.5 Å². The lowest BCUT2D eigenvalue weighted by molar-refractivity contribution is 0.0706. The van der Waals surface area contributed by atoms with E-state index in [4.69, 9.17) is 4.74 Å². The van der Waals surface area contributed by atoms with Gasteiger partial charge in [0, 0.05) is 24.5 Å². The van der Waals surface area contributed by atoms with E-state index in [1.54, 1.807) is 17.4 Å². The summed E-state index contributed by atoms with van der Waals surface area (Å²) in [5.41, 5.74) is 1.19. The van der Waals surface area contributed by atoms with Crippen molar-refractivity contribution in [3.63, 3.8) is 0 Å². The molecule has 1 aliphatic heterocycles. The molecule has 0 bridgehead atoms. The first-order valence-electron chi connectivity index (χ1n) is 10.0. The molecule has 1 saturated heterocycles. The number of hydrogen-bond acceptors (Lipinski definition) is 6. The molecule has 7 nitrogen and oxygen atoms in total. The van der Waals surface area contributed by atoms with Crippen LogP contribution in [0.4, 0.5) is 4.39 Å². The molecule has 1 fully saturated rings. The first kappa shape index (κ1) is 22.4. The van der Waals surface area contributed by atoms with Crippen LogP contribution in [-0.4, -0.2) is 50.5 Å². The number of aromatic nitrogens is 1. The highest BCUT2D eigenvalue weighted by Crippen LogP contribution is 2.32. The molecule has 0 aliphatic carbocycles. The van der Waals surface area contributed by atoms with Gasteiger partial charge in [0.15, 0.2) is 0 Å². The van der Waals surface area contributed by atoms with Crippen LogP contribution in [0, 0.1) is 5.82 Å². The first-order valence-corrected chi connectivity index (χ1v) is 12.4. The van der Waals surface area contributed by atoms with E-state index in [9.17, 15) is 17.6 Å². The summed E-state index contributed by atoms with van der Waals surface area (Å²) in [5.74, 6) is 0.0176. The van der Waals surface area contributed by atoms with Crippen molar-refractivity contribution in [1.82, 2.24) is 14.6 Å². The Morgan fingerprint density at radius 2 is 1.84 bits per heavy atom. The molecule has 3 aromatic rings. The second-order valence-electron chi connectivity index (χ2n) is 7.38. The Labute approximate surface area is 189 Å². The third-order valence-electron chi connectivity index (χ3n) is 5.29. The Bertz CT molecular complexity index is 1200. The molecule has 0 radical (unpaired) electrons. The maximum Gasteiger partial charge on any atom is 0.273 e. The van der Waals surface area contributed by atoms with Crippen LogP contribution in [0.15, 0.2) is 58.8 Å². The van der Waals surface area contributed by atoms with Crippen LogP contribution >= 0.6 is 11.3 Å². The molecule has 32 heavy (non-hydrogen) atoms. The molecule has 0 unspecified atom stereocenters. The van der Waals surface area contributed by atoms with Crippen LogP contribution in [0.2, 0.25) is 0 Å². The molecule has 1 aliphatic rings. The summed E-state index contributed by atoms with van der Waals surface area (Å²) in [6.07, 6.45) is 0.964. The third kappa shape index (κ3) is 4.82. The van der Waals surface area contributed by atoms with E-state index in [0.29, 0.717) is 42.4 Å². The quantitative estimate of drug-likeness (QED) is 0.589. The van der Waals surface area contributed by atoms with Gasteiger partial charge >= 0.3 is 0 Å². The van der Waals surface area contributed by atoms with Crippen molar-refractivity contribution < 1.29 is 22.3 Å². The molecule has 10 heteroatoms. The zero-order valence-electron chi connectivity index (χ0n) is 17.3. The minimum Gasteiger partial charge on any atom is -0.496 e. The van der Waals surface area contributed by atoms with Crippen molar-refractivity contribution in [3.05, 3.63) is 65.4 Å². The first-order chi connectivity index (χ1) is 15.4. The minimum atomic E-state index is -3.74. The van der Waals surface area contributed by atoms with E-state index >= 15 is 0 Å². The Hall–Kier alpha value is -2.82. The van der Waals surface area contributed by atoms with Crippen molar-refractivity contribution in [2.45, 2.75) is 23.8 Å². The number of sulfonamides is 1. The highest BCUT2D eigenvalue weighted by molar-refractivity contribution is 7.89. The van der Waals surface area contributed by atoms with Crippen LogP contribution in [0.25, 0.3) is 10.6 Å². The average molecular weight is 476 g/mol. The van der Waals surface area contributed by atoms with Crippen LogP contribution < -0.4 is 9.46 Å². The van der Waals surface area contributed by atoms with Gasteiger partial charge in [-0.3, -0.25) is 4.79 Å². The largest absolute Gasteiger partial charge is 0.496 e. The molecule has 0 saturated carbocycles. The number of likely N-dealkylation sites (tertiary alicyclic amines) is 1. The Balaban J connectivity index is 1.38. The van der Waals surface area contributed by atoms with E-state index in [0.717, 1.165) is 17.7 Å². The van der Waals surface area contributed by atoms with E-state index in [2.05, 4.69) is 9.71 Å². The van der Waals surface area contributed by atoms with Gasteiger partial charge in [-0.05, 0) is 49.2 Å². The minimum absolute atomic E-state index is 0.0174. The molecular weight excluding hydrogens is 453 g/mol. The van der Waals surface area contributed by atoms with Gasteiger partial charge in [-0.2, -0.15) is 0 Å². The predicted octanol–water partition coefficient (Wildman–Crippen LogP) is 3.54. The summed E-state index contributed by atoms with van der Waals surface area (Å²) in [5, 5.41) is 2.43. The second-order valence-corrected chi connectivity index (χ2v) is 9.95. The van der Waals surface area contributed by atoms with E-state index in [1.165, 1.54) is 23.5 Å². The SMILES string of the molecule is COc1ccccc1-c1nc(C(=O)N2CCC(NS(=O)(=O)c3ccc(F)cc3)CC2)cs1. The number of rotatable bonds is 6. The summed E-state index contributed by atoms with van der Waals surface area (Å²) in [7, 11) is -2.15. The van der Waals surface area contributed by atoms with E-state index in [-0.39, 0.29) is 16.8 Å². The fraction of sp³-hybridized carbons (Fsp3) is 0.273. The molecule has 4 rings (SSSR count). The van der Waals surface area contributed by atoms with Crippen LogP contribution in [0.5, 0.6) is 5.75 Å². The number of nitrogens with zero attached hydrogens (tertiary/aromatic N) is 2. The van der Waals surface area contributed by atoms with Gasteiger partial charge in [0.1, 0.15) is 22.3 Å². The Kier molecular flexibility index (Phi) is 6.54. The van der Waals surface area contributed by atoms with Gasteiger partial charge in [0.25, 0.3) is 5.91 Å². The summed E-state index contributed by atoms with van der Waals surface area (Å²) >= 11 is 1.37. The number of thiazole rings is 1. The molecule has 2 heterocycles. The smallest absolute Gasteiger partial charge is 0.273 e. The number of para-hydroxylation sites is 1. The number of amides is 1. The zero-order valence-corrected chi connectivity index (χ0v) is 19.0. The third-order valence-corrected chi connectivity index (χ3v) is 7.70. The molecule has 1 N–H and O–H groups in total. The number of nitrogens with one attached hydrogen (secondary N) is 1. The Morgan fingerprint density at radius 3 is 2.53 bits per heavy atom. The van der Waals surface area contributed by atoms with Gasteiger partial charge in [0.05, 0.1) is 17.6 Å². The number of piperidine rings is 1. The normalized spacial score (nSPS) is 15.0. The maximum absolute atomic E-state index is 13.1. The van der Waals surface area contributed by atoms with Gasteiger partial charge in [-0.15, -0.1) is 11.3 Å². The number of benzene rings is 2. The van der Waals surface area contributed by atoms with Crippen LogP contribution in [0.3, 0.4) is 0 Å². The van der Waals surface area contributed by atoms with Crippen molar-refractivity contribution in [2.24, 2.45) is 0 Å². The van der Waals surface area contributed by atoms with Crippen LogP contribution in [0.1, 0.15) is 23.3 Å². The number of methoxy groups -OCH3 is 1. The molecule has 0 atom stereocenters. The molecule has 1 aromatic heterocycles. The van der Waals surface area contributed by atoms with E-state index in [1.807, 2.05) is 24.3 Å². The van der Waals surface area contributed by atoms with Gasteiger partial charge < -0.3 is 9.64 Å². The van der Waals surface area contributed by atoms with Crippen molar-refractivity contribution in [3.8, 4) is 16.3 Å². The van der Waals surface area contributed by atoms with Gasteiger partial charge in [0.2, 0.25) is 10.0 Å². The lowest BCUT2D eigenvalue weighted by atomic mass is 10.1. The predicted molar refractivity (Wildman–Crippen MR) is 120 cm³/mol. The summed E-state index contributed by atoms with van der Waals surface area (Å²) in [6, 6.07) is 11.9. The monoisotopic (exact) mass is 475 g/mol. The molecular formula is C22H22FN3O4S2. The number of hydrogen-bond donors (Lipinski definition) is 1. The summed E-state index contributed by atoms with van der Waals surface area (Å²) in [6.45, 7) is 0.827. The highest BCUT2D eigenvalue weighted by Gasteiger charge is 2.28. The average Bonchev–Trinajstić information content (AvgIpc) is 3.29. The van der Waals surface area contributed by atoms with E-state index < -0.39 is 15.8 Å². The number of ether oxygens (including phenoxy) is 1. The van der Waals surface area contributed by atoms with Crippen molar-refractivity contribution >= 4 is 27.3 Å².